The maximum absolute atomic E-state index is 10.1. The van der Waals surface area contributed by atoms with Crippen LogP contribution in [-0.4, -0.2) is 18.2 Å². The van der Waals surface area contributed by atoms with E-state index in [1.807, 2.05) is 12.1 Å². The fourth-order valence-electron chi connectivity index (χ4n) is 1.83. The lowest BCUT2D eigenvalue weighted by Crippen LogP contribution is -2.26. The van der Waals surface area contributed by atoms with Gasteiger partial charge in [0, 0.05) is 6.54 Å². The monoisotopic (exact) mass is 249 g/mol. The molecule has 2 atom stereocenters. The Morgan fingerprint density at radius 3 is 2.06 bits per heavy atom. The Kier molecular flexibility index (Phi) is 6.37. The molecule has 1 rings (SSSR count). The van der Waals surface area contributed by atoms with E-state index >= 15 is 0 Å². The summed E-state index contributed by atoms with van der Waals surface area (Å²) >= 11 is 0. The minimum absolute atomic E-state index is 0.407. The van der Waals surface area contributed by atoms with Gasteiger partial charge in [0.2, 0.25) is 0 Å². The third kappa shape index (κ3) is 4.79. The van der Waals surface area contributed by atoms with Crippen LogP contribution in [0.1, 0.15) is 57.3 Å². The summed E-state index contributed by atoms with van der Waals surface area (Å²) in [5.74, 6) is 1.21. The Balaban J connectivity index is 2.44. The number of aliphatic hydroxyl groups excluding tert-OH is 1. The van der Waals surface area contributed by atoms with Crippen molar-refractivity contribution in [2.75, 3.05) is 13.1 Å². The third-order valence-corrected chi connectivity index (χ3v) is 3.52. The van der Waals surface area contributed by atoms with E-state index in [2.05, 4.69) is 45.1 Å². The van der Waals surface area contributed by atoms with Gasteiger partial charge in [-0.3, -0.25) is 0 Å². The molecule has 1 aromatic rings. The molecule has 18 heavy (non-hydrogen) atoms. The standard InChI is InChI=1S/C16H27NO/c1-5-13(4)10-17-11-16(18)15-8-6-14(7-9-15)12(2)3/h6-9,12-13,16-18H,5,10-11H2,1-4H3. The van der Waals surface area contributed by atoms with Crippen LogP contribution in [0.2, 0.25) is 0 Å². The van der Waals surface area contributed by atoms with Gasteiger partial charge in [0.1, 0.15) is 0 Å². The summed E-state index contributed by atoms with van der Waals surface area (Å²) in [5.41, 5.74) is 2.31. The number of aliphatic hydroxyl groups is 1. The largest absolute Gasteiger partial charge is 0.387 e. The Labute approximate surface area is 111 Å². The first-order chi connectivity index (χ1) is 8.54. The average molecular weight is 249 g/mol. The summed E-state index contributed by atoms with van der Waals surface area (Å²) in [6.07, 6.45) is 0.766. The molecule has 0 amide bonds. The van der Waals surface area contributed by atoms with Crippen LogP contribution in [-0.2, 0) is 0 Å². The topological polar surface area (TPSA) is 32.3 Å². The highest BCUT2D eigenvalue weighted by atomic mass is 16.3. The second-order valence-electron chi connectivity index (χ2n) is 5.51. The second kappa shape index (κ2) is 7.55. The highest BCUT2D eigenvalue weighted by molar-refractivity contribution is 5.26. The Hall–Kier alpha value is -0.860. The second-order valence-corrected chi connectivity index (χ2v) is 5.51. The van der Waals surface area contributed by atoms with Crippen molar-refractivity contribution in [2.45, 2.75) is 46.1 Å². The van der Waals surface area contributed by atoms with Crippen LogP contribution >= 0.6 is 0 Å². The number of rotatable bonds is 7. The van der Waals surface area contributed by atoms with Crippen LogP contribution in [0.15, 0.2) is 24.3 Å². The van der Waals surface area contributed by atoms with E-state index in [-0.39, 0.29) is 0 Å². The van der Waals surface area contributed by atoms with Crippen molar-refractivity contribution in [2.24, 2.45) is 5.92 Å². The molecule has 0 heterocycles. The summed E-state index contributed by atoms with van der Waals surface area (Å²) in [6, 6.07) is 8.28. The Bertz CT molecular complexity index is 331. The van der Waals surface area contributed by atoms with Gasteiger partial charge in [0.05, 0.1) is 6.10 Å². The summed E-state index contributed by atoms with van der Waals surface area (Å²) < 4.78 is 0. The van der Waals surface area contributed by atoms with Gasteiger partial charge >= 0.3 is 0 Å². The molecular weight excluding hydrogens is 222 g/mol. The Morgan fingerprint density at radius 1 is 1.00 bits per heavy atom. The zero-order valence-electron chi connectivity index (χ0n) is 12.1. The van der Waals surface area contributed by atoms with Crippen molar-refractivity contribution < 1.29 is 5.11 Å². The van der Waals surface area contributed by atoms with Gasteiger partial charge in [0.25, 0.3) is 0 Å². The van der Waals surface area contributed by atoms with Gasteiger partial charge in [-0.05, 0) is 29.5 Å². The number of hydrogen-bond acceptors (Lipinski definition) is 2. The zero-order valence-corrected chi connectivity index (χ0v) is 12.1. The molecule has 2 heteroatoms. The van der Waals surface area contributed by atoms with Crippen LogP contribution in [0.4, 0.5) is 0 Å². The molecule has 0 spiro atoms. The fourth-order valence-corrected chi connectivity index (χ4v) is 1.83. The average Bonchev–Trinajstić information content (AvgIpc) is 2.38. The van der Waals surface area contributed by atoms with Crippen molar-refractivity contribution in [3.8, 4) is 0 Å². The zero-order chi connectivity index (χ0) is 13.5. The van der Waals surface area contributed by atoms with E-state index in [0.29, 0.717) is 18.4 Å². The smallest absolute Gasteiger partial charge is 0.0914 e. The van der Waals surface area contributed by atoms with Crippen LogP contribution in [0.3, 0.4) is 0 Å². The molecule has 1 aromatic carbocycles. The number of hydrogen-bond donors (Lipinski definition) is 2. The summed E-state index contributed by atoms with van der Waals surface area (Å²) in [6.45, 7) is 10.4. The summed E-state index contributed by atoms with van der Waals surface area (Å²) in [7, 11) is 0. The van der Waals surface area contributed by atoms with Crippen LogP contribution in [0.5, 0.6) is 0 Å². The summed E-state index contributed by atoms with van der Waals surface area (Å²) in [4.78, 5) is 0. The van der Waals surface area contributed by atoms with Gasteiger partial charge in [0.15, 0.2) is 0 Å². The minimum atomic E-state index is -0.407. The molecule has 2 unspecified atom stereocenters. The van der Waals surface area contributed by atoms with Crippen LogP contribution < -0.4 is 5.32 Å². The van der Waals surface area contributed by atoms with Crippen molar-refractivity contribution in [1.29, 1.82) is 0 Å². The fraction of sp³-hybridized carbons (Fsp3) is 0.625. The van der Waals surface area contributed by atoms with Gasteiger partial charge < -0.3 is 10.4 Å². The first-order valence-electron chi connectivity index (χ1n) is 7.03. The number of benzene rings is 1. The molecule has 0 saturated carbocycles. The minimum Gasteiger partial charge on any atom is -0.387 e. The molecule has 0 aliphatic carbocycles. The van der Waals surface area contributed by atoms with Crippen molar-refractivity contribution in [3.05, 3.63) is 35.4 Å². The van der Waals surface area contributed by atoms with E-state index in [0.717, 1.165) is 12.1 Å². The van der Waals surface area contributed by atoms with Gasteiger partial charge in [-0.15, -0.1) is 0 Å². The number of nitrogens with one attached hydrogen (secondary N) is 1. The third-order valence-electron chi connectivity index (χ3n) is 3.52. The first-order valence-corrected chi connectivity index (χ1v) is 7.03. The first kappa shape index (κ1) is 15.2. The lowest BCUT2D eigenvalue weighted by molar-refractivity contribution is 0.173. The highest BCUT2D eigenvalue weighted by Crippen LogP contribution is 2.18. The molecule has 102 valence electrons. The normalized spacial score (nSPS) is 14.8. The van der Waals surface area contributed by atoms with Crippen LogP contribution in [0.25, 0.3) is 0 Å². The molecule has 2 N–H and O–H groups in total. The highest BCUT2D eigenvalue weighted by Gasteiger charge is 2.08. The molecule has 2 nitrogen and oxygen atoms in total. The van der Waals surface area contributed by atoms with E-state index in [9.17, 15) is 5.11 Å². The lowest BCUT2D eigenvalue weighted by Gasteiger charge is -2.15. The molecule has 0 aromatic heterocycles. The molecule has 0 radical (unpaired) electrons. The van der Waals surface area contributed by atoms with Gasteiger partial charge in [-0.25, -0.2) is 0 Å². The van der Waals surface area contributed by atoms with E-state index in [1.165, 1.54) is 12.0 Å². The summed E-state index contributed by atoms with van der Waals surface area (Å²) in [5, 5.41) is 13.4. The maximum atomic E-state index is 10.1. The van der Waals surface area contributed by atoms with E-state index < -0.39 is 6.10 Å². The van der Waals surface area contributed by atoms with Crippen LogP contribution in [0, 0.1) is 5.92 Å². The molecule has 0 aliphatic heterocycles. The van der Waals surface area contributed by atoms with Gasteiger partial charge in [-0.2, -0.15) is 0 Å². The SMILES string of the molecule is CCC(C)CNCC(O)c1ccc(C(C)C)cc1. The molecule has 0 bridgehead atoms. The molecule has 0 aliphatic rings. The predicted molar refractivity (Wildman–Crippen MR) is 77.8 cm³/mol. The predicted octanol–water partition coefficient (Wildman–Crippen LogP) is 3.48. The van der Waals surface area contributed by atoms with Crippen molar-refractivity contribution in [3.63, 3.8) is 0 Å². The molecule has 0 saturated heterocycles. The van der Waals surface area contributed by atoms with Crippen molar-refractivity contribution in [1.82, 2.24) is 5.32 Å². The molecule has 0 fully saturated rings. The lowest BCUT2D eigenvalue weighted by atomic mass is 10.00. The van der Waals surface area contributed by atoms with E-state index in [1.54, 1.807) is 0 Å². The van der Waals surface area contributed by atoms with Gasteiger partial charge in [-0.1, -0.05) is 58.4 Å². The molecular formula is C16H27NO. The maximum Gasteiger partial charge on any atom is 0.0914 e. The van der Waals surface area contributed by atoms with E-state index in [4.69, 9.17) is 0 Å². The van der Waals surface area contributed by atoms with Crippen molar-refractivity contribution >= 4 is 0 Å². The Morgan fingerprint density at radius 2 is 1.56 bits per heavy atom. The quantitative estimate of drug-likeness (QED) is 0.775.